The van der Waals surface area contributed by atoms with Gasteiger partial charge in [-0.25, -0.2) is 12.8 Å². The average molecular weight is 546 g/mol. The van der Waals surface area contributed by atoms with Crippen LogP contribution in [0.4, 0.5) is 10.1 Å². The molecule has 35 heavy (non-hydrogen) atoms. The van der Waals surface area contributed by atoms with Gasteiger partial charge >= 0.3 is 0 Å². The predicted octanol–water partition coefficient (Wildman–Crippen LogP) is 4.62. The molecule has 2 atom stereocenters. The van der Waals surface area contributed by atoms with Crippen LogP contribution in [-0.4, -0.2) is 50.0 Å². The van der Waals surface area contributed by atoms with E-state index >= 15 is 0 Å². The van der Waals surface area contributed by atoms with Crippen molar-refractivity contribution in [3.8, 4) is 0 Å². The number of carbonyl (C=O) groups excluding carboxylic acids is 2. The Labute approximate surface area is 216 Å². The molecule has 1 N–H and O–H groups in total. The van der Waals surface area contributed by atoms with Crippen molar-refractivity contribution in [2.75, 3.05) is 17.1 Å². The highest BCUT2D eigenvalue weighted by Crippen LogP contribution is 2.25. The van der Waals surface area contributed by atoms with Crippen molar-refractivity contribution in [3.63, 3.8) is 0 Å². The number of nitrogens with one attached hydrogen (secondary N) is 1. The van der Waals surface area contributed by atoms with Crippen molar-refractivity contribution < 1.29 is 22.4 Å². The van der Waals surface area contributed by atoms with Crippen molar-refractivity contribution in [1.82, 2.24) is 10.2 Å². The van der Waals surface area contributed by atoms with E-state index in [2.05, 4.69) is 5.32 Å². The maximum atomic E-state index is 13.6. The topological polar surface area (TPSA) is 86.8 Å². The van der Waals surface area contributed by atoms with Crippen molar-refractivity contribution in [2.45, 2.75) is 52.2 Å². The summed E-state index contributed by atoms with van der Waals surface area (Å²) in [6.45, 7) is 4.99. The number of benzene rings is 2. The second kappa shape index (κ2) is 12.6. The molecule has 192 valence electrons. The Morgan fingerprint density at radius 1 is 1.03 bits per heavy atom. The SMILES string of the molecule is CC[C@@H](C)NC(=O)[C@H](CC)N(Cc1ccc(Cl)c(Cl)c1)C(=O)CN(c1ccc(F)cc1)S(C)(=O)=O. The third-order valence-electron chi connectivity index (χ3n) is 5.52. The maximum absolute atomic E-state index is 13.6. The molecule has 0 aliphatic heterocycles. The summed E-state index contributed by atoms with van der Waals surface area (Å²) in [5.41, 5.74) is 0.754. The first-order chi connectivity index (χ1) is 16.4. The van der Waals surface area contributed by atoms with Crippen molar-refractivity contribution in [2.24, 2.45) is 0 Å². The number of sulfonamides is 1. The van der Waals surface area contributed by atoms with Gasteiger partial charge in [0, 0.05) is 12.6 Å². The van der Waals surface area contributed by atoms with Crippen LogP contribution in [0.25, 0.3) is 0 Å². The molecule has 11 heteroatoms. The van der Waals surface area contributed by atoms with Crippen LogP contribution in [0.5, 0.6) is 0 Å². The summed E-state index contributed by atoms with van der Waals surface area (Å²) in [4.78, 5) is 28.0. The molecular weight excluding hydrogens is 516 g/mol. The van der Waals surface area contributed by atoms with Gasteiger partial charge in [-0.1, -0.05) is 43.1 Å². The molecule has 2 amide bonds. The summed E-state index contributed by atoms with van der Waals surface area (Å²) in [6.07, 6.45) is 1.96. The predicted molar refractivity (Wildman–Crippen MR) is 138 cm³/mol. The lowest BCUT2D eigenvalue weighted by Crippen LogP contribution is -2.53. The number of rotatable bonds is 11. The summed E-state index contributed by atoms with van der Waals surface area (Å²) in [7, 11) is -3.90. The molecule has 0 unspecified atom stereocenters. The van der Waals surface area contributed by atoms with Gasteiger partial charge in [0.05, 0.1) is 22.0 Å². The van der Waals surface area contributed by atoms with Crippen LogP contribution >= 0.6 is 23.2 Å². The molecule has 2 aromatic carbocycles. The Bertz CT molecular complexity index is 1150. The van der Waals surface area contributed by atoms with Gasteiger partial charge < -0.3 is 10.2 Å². The largest absolute Gasteiger partial charge is 0.352 e. The third-order valence-corrected chi connectivity index (χ3v) is 7.40. The van der Waals surface area contributed by atoms with Crippen molar-refractivity contribution in [3.05, 3.63) is 63.9 Å². The fourth-order valence-corrected chi connectivity index (χ4v) is 4.59. The van der Waals surface area contributed by atoms with Crippen molar-refractivity contribution in [1.29, 1.82) is 0 Å². The second-order valence-electron chi connectivity index (χ2n) is 8.26. The number of nitrogens with zero attached hydrogens (tertiary/aromatic N) is 2. The van der Waals surface area contributed by atoms with Crippen LogP contribution in [0.3, 0.4) is 0 Å². The first-order valence-corrected chi connectivity index (χ1v) is 13.7. The van der Waals surface area contributed by atoms with Gasteiger partial charge in [0.1, 0.15) is 18.4 Å². The van der Waals surface area contributed by atoms with Gasteiger partial charge in [-0.15, -0.1) is 0 Å². The zero-order valence-electron chi connectivity index (χ0n) is 20.1. The van der Waals surface area contributed by atoms with Crippen LogP contribution in [0.1, 0.15) is 39.2 Å². The molecule has 7 nitrogen and oxygen atoms in total. The minimum atomic E-state index is -3.90. The molecule has 0 radical (unpaired) electrons. The van der Waals surface area contributed by atoms with E-state index in [1.165, 1.54) is 17.0 Å². The normalized spacial score (nSPS) is 13.1. The van der Waals surface area contributed by atoms with Crippen LogP contribution in [-0.2, 0) is 26.2 Å². The summed E-state index contributed by atoms with van der Waals surface area (Å²) in [5.74, 6) is -1.48. The summed E-state index contributed by atoms with van der Waals surface area (Å²) >= 11 is 12.2. The summed E-state index contributed by atoms with van der Waals surface area (Å²) in [5, 5.41) is 3.52. The van der Waals surface area contributed by atoms with E-state index in [0.29, 0.717) is 23.4 Å². The van der Waals surface area contributed by atoms with Gasteiger partial charge in [0.2, 0.25) is 21.8 Å². The number of carbonyl (C=O) groups is 2. The van der Waals surface area contributed by atoms with Gasteiger partial charge in [-0.2, -0.15) is 0 Å². The van der Waals surface area contributed by atoms with E-state index in [1.807, 2.05) is 13.8 Å². The molecule has 0 spiro atoms. The van der Waals surface area contributed by atoms with Gasteiger partial charge in [0.15, 0.2) is 0 Å². The molecule has 0 fully saturated rings. The van der Waals surface area contributed by atoms with Crippen LogP contribution < -0.4 is 9.62 Å². The minimum Gasteiger partial charge on any atom is -0.352 e. The van der Waals surface area contributed by atoms with Crippen molar-refractivity contribution >= 4 is 50.7 Å². The number of amides is 2. The van der Waals surface area contributed by atoms with Gasteiger partial charge in [-0.3, -0.25) is 13.9 Å². The molecule has 2 rings (SSSR count). The number of hydrogen-bond acceptors (Lipinski definition) is 4. The number of anilines is 1. The van der Waals surface area contributed by atoms with E-state index in [1.54, 1.807) is 25.1 Å². The number of halogens is 3. The Morgan fingerprint density at radius 3 is 2.17 bits per heavy atom. The van der Waals surface area contributed by atoms with Crippen LogP contribution in [0, 0.1) is 5.82 Å². The lowest BCUT2D eigenvalue weighted by molar-refractivity contribution is -0.140. The van der Waals surface area contributed by atoms with Gasteiger partial charge in [0.25, 0.3) is 0 Å². The lowest BCUT2D eigenvalue weighted by Gasteiger charge is -2.33. The third kappa shape index (κ3) is 8.08. The molecular formula is C24H30Cl2FN3O4S. The standard InChI is InChI=1S/C24H30Cl2FN3O4S/c1-5-16(3)28-24(32)22(6-2)29(14-17-7-12-20(25)21(26)13-17)23(31)15-30(35(4,33)34)19-10-8-18(27)9-11-19/h7-13,16,22H,5-6,14-15H2,1-4H3,(H,28,32)/t16-,22+/m1/s1. The van der Waals surface area contributed by atoms with Crippen LogP contribution in [0.15, 0.2) is 42.5 Å². The molecule has 0 aliphatic rings. The van der Waals surface area contributed by atoms with E-state index in [-0.39, 0.29) is 29.2 Å². The first-order valence-electron chi connectivity index (χ1n) is 11.1. The Balaban J connectivity index is 2.45. The molecule has 0 heterocycles. The Kier molecular flexibility index (Phi) is 10.4. The lowest BCUT2D eigenvalue weighted by atomic mass is 10.1. The highest BCUT2D eigenvalue weighted by molar-refractivity contribution is 7.92. The zero-order chi connectivity index (χ0) is 26.3. The highest BCUT2D eigenvalue weighted by atomic mass is 35.5. The molecule has 2 aromatic rings. The molecule has 0 saturated heterocycles. The Morgan fingerprint density at radius 2 is 1.66 bits per heavy atom. The second-order valence-corrected chi connectivity index (χ2v) is 11.0. The monoisotopic (exact) mass is 545 g/mol. The first kappa shape index (κ1) is 28.9. The molecule has 0 aromatic heterocycles. The van der Waals surface area contributed by atoms with E-state index < -0.39 is 34.3 Å². The maximum Gasteiger partial charge on any atom is 0.244 e. The van der Waals surface area contributed by atoms with E-state index in [4.69, 9.17) is 23.2 Å². The molecule has 0 aliphatic carbocycles. The fraction of sp³-hybridized carbons (Fsp3) is 0.417. The highest BCUT2D eigenvalue weighted by Gasteiger charge is 2.32. The molecule has 0 bridgehead atoms. The van der Waals surface area contributed by atoms with Gasteiger partial charge in [-0.05, 0) is 61.7 Å². The Hall–Kier alpha value is -2.36. The molecule has 0 saturated carbocycles. The summed E-state index contributed by atoms with van der Waals surface area (Å²) in [6, 6.07) is 8.67. The van der Waals surface area contributed by atoms with Crippen LogP contribution in [0.2, 0.25) is 10.0 Å². The average Bonchev–Trinajstić information content (AvgIpc) is 2.79. The number of hydrogen-bond donors (Lipinski definition) is 1. The van der Waals surface area contributed by atoms with E-state index in [9.17, 15) is 22.4 Å². The minimum absolute atomic E-state index is 0.00315. The summed E-state index contributed by atoms with van der Waals surface area (Å²) < 4.78 is 39.3. The quantitative estimate of drug-likeness (QED) is 0.446. The fourth-order valence-electron chi connectivity index (χ4n) is 3.42. The zero-order valence-corrected chi connectivity index (χ0v) is 22.4. The smallest absolute Gasteiger partial charge is 0.244 e. The van der Waals surface area contributed by atoms with E-state index in [0.717, 1.165) is 22.7 Å².